The summed E-state index contributed by atoms with van der Waals surface area (Å²) in [5.41, 5.74) is 1.23. The minimum Gasteiger partial charge on any atom is -0.490 e. The molecule has 2 nitrogen and oxygen atoms in total. The van der Waals surface area contributed by atoms with Gasteiger partial charge in [-0.2, -0.15) is 0 Å². The lowest BCUT2D eigenvalue weighted by Gasteiger charge is -2.20. The summed E-state index contributed by atoms with van der Waals surface area (Å²) in [6, 6.07) is 4.11. The molecule has 1 aliphatic rings. The van der Waals surface area contributed by atoms with Gasteiger partial charge >= 0.3 is 0 Å². The Hall–Kier alpha value is -0.220. The van der Waals surface area contributed by atoms with Crippen LogP contribution in [0.25, 0.3) is 0 Å². The molecule has 1 aromatic carbocycles. The fourth-order valence-corrected chi connectivity index (χ4v) is 3.55. The summed E-state index contributed by atoms with van der Waals surface area (Å²) >= 11 is 7.42. The minimum absolute atomic E-state index is 0.328. The van der Waals surface area contributed by atoms with Crippen molar-refractivity contribution >= 4 is 31.9 Å². The number of ether oxygens (including phenoxy) is 2. The van der Waals surface area contributed by atoms with E-state index in [9.17, 15) is 0 Å². The molecule has 1 heterocycles. The van der Waals surface area contributed by atoms with Crippen LogP contribution in [-0.4, -0.2) is 13.2 Å². The highest BCUT2D eigenvalue weighted by Gasteiger charge is 2.21. The van der Waals surface area contributed by atoms with Gasteiger partial charge in [0.25, 0.3) is 0 Å². The van der Waals surface area contributed by atoms with Crippen LogP contribution in [0.1, 0.15) is 37.1 Å². The normalized spacial score (nSPS) is 18.0. The van der Waals surface area contributed by atoms with Gasteiger partial charge in [0.05, 0.1) is 13.2 Å². The van der Waals surface area contributed by atoms with E-state index in [0.29, 0.717) is 10.7 Å². The molecular weight excluding hydrogens is 360 g/mol. The molecule has 0 bridgehead atoms. The van der Waals surface area contributed by atoms with Crippen molar-refractivity contribution in [1.82, 2.24) is 0 Å². The van der Waals surface area contributed by atoms with Gasteiger partial charge in [0.2, 0.25) is 0 Å². The van der Waals surface area contributed by atoms with Crippen LogP contribution in [0.5, 0.6) is 11.5 Å². The molecule has 18 heavy (non-hydrogen) atoms. The van der Waals surface area contributed by atoms with Crippen molar-refractivity contribution in [3.05, 3.63) is 22.2 Å². The highest BCUT2D eigenvalue weighted by molar-refractivity contribution is 9.11. The van der Waals surface area contributed by atoms with Crippen LogP contribution in [-0.2, 0) is 0 Å². The first-order chi connectivity index (χ1) is 8.63. The van der Waals surface area contributed by atoms with Crippen LogP contribution in [0, 0.1) is 5.92 Å². The van der Waals surface area contributed by atoms with Crippen molar-refractivity contribution in [2.75, 3.05) is 13.2 Å². The van der Waals surface area contributed by atoms with E-state index in [2.05, 4.69) is 51.8 Å². The third kappa shape index (κ3) is 3.02. The predicted octanol–water partition coefficient (Wildman–Crippen LogP) is 5.09. The van der Waals surface area contributed by atoms with Crippen LogP contribution >= 0.6 is 31.9 Å². The van der Waals surface area contributed by atoms with Gasteiger partial charge in [0.15, 0.2) is 11.5 Å². The van der Waals surface area contributed by atoms with Gasteiger partial charge in [-0.05, 0) is 23.6 Å². The Kier molecular flexibility index (Phi) is 4.96. The molecule has 0 radical (unpaired) electrons. The lowest BCUT2D eigenvalue weighted by atomic mass is 9.98. The summed E-state index contributed by atoms with van der Waals surface area (Å²) < 4.78 is 12.5. The third-order valence-corrected chi connectivity index (χ3v) is 5.39. The van der Waals surface area contributed by atoms with E-state index in [-0.39, 0.29) is 0 Å². The van der Waals surface area contributed by atoms with Gasteiger partial charge < -0.3 is 9.47 Å². The quantitative estimate of drug-likeness (QED) is 0.682. The Morgan fingerprint density at radius 2 is 1.83 bits per heavy atom. The lowest BCUT2D eigenvalue weighted by Crippen LogP contribution is -2.04. The molecule has 0 N–H and O–H groups in total. The molecule has 2 rings (SSSR count). The van der Waals surface area contributed by atoms with Crippen molar-refractivity contribution < 1.29 is 9.47 Å². The van der Waals surface area contributed by atoms with E-state index >= 15 is 0 Å². The lowest BCUT2D eigenvalue weighted by molar-refractivity contribution is 0.297. The Bertz CT molecular complexity index is 421. The van der Waals surface area contributed by atoms with Gasteiger partial charge in [0.1, 0.15) is 0 Å². The topological polar surface area (TPSA) is 18.5 Å². The fourth-order valence-electron chi connectivity index (χ4n) is 1.92. The highest BCUT2D eigenvalue weighted by Crippen LogP contribution is 2.43. The van der Waals surface area contributed by atoms with Crippen molar-refractivity contribution in [1.29, 1.82) is 0 Å². The van der Waals surface area contributed by atoms with E-state index in [4.69, 9.17) is 9.47 Å². The number of alkyl halides is 1. The zero-order chi connectivity index (χ0) is 13.1. The summed E-state index contributed by atoms with van der Waals surface area (Å²) in [4.78, 5) is 0.328. The number of fused-ring (bicyclic) bond motifs is 1. The average molecular weight is 378 g/mol. The van der Waals surface area contributed by atoms with Crippen LogP contribution in [0.4, 0.5) is 0 Å². The SMILES string of the molecule is CCC(C)C(Br)c1cc2c(cc1Br)OCCCO2. The maximum Gasteiger partial charge on any atom is 0.162 e. The molecule has 0 fully saturated rings. The second-order valence-electron chi connectivity index (χ2n) is 4.66. The number of benzene rings is 1. The molecule has 1 aliphatic heterocycles. The smallest absolute Gasteiger partial charge is 0.162 e. The minimum atomic E-state index is 0.328. The second kappa shape index (κ2) is 6.29. The first kappa shape index (κ1) is 14.2. The summed E-state index contributed by atoms with van der Waals surface area (Å²) in [6.07, 6.45) is 2.07. The largest absolute Gasteiger partial charge is 0.490 e. The summed E-state index contributed by atoms with van der Waals surface area (Å²) in [5, 5.41) is 0. The summed E-state index contributed by atoms with van der Waals surface area (Å²) in [6.45, 7) is 5.90. The predicted molar refractivity (Wildman–Crippen MR) is 80.9 cm³/mol. The molecule has 0 aromatic heterocycles. The standard InChI is InChI=1S/C14H18Br2O2/c1-3-9(2)14(16)10-7-12-13(8-11(10)15)18-6-4-5-17-12/h7-9,14H,3-6H2,1-2H3. The molecule has 2 atom stereocenters. The molecule has 0 saturated carbocycles. The van der Waals surface area contributed by atoms with Crippen molar-refractivity contribution in [2.45, 2.75) is 31.5 Å². The van der Waals surface area contributed by atoms with E-state index in [1.54, 1.807) is 0 Å². The molecule has 1 aromatic rings. The van der Waals surface area contributed by atoms with Gasteiger partial charge in [-0.15, -0.1) is 0 Å². The highest BCUT2D eigenvalue weighted by atomic mass is 79.9. The van der Waals surface area contributed by atoms with Crippen molar-refractivity contribution in [2.24, 2.45) is 5.92 Å². The van der Waals surface area contributed by atoms with Gasteiger partial charge in [-0.3, -0.25) is 0 Å². The number of hydrogen-bond acceptors (Lipinski definition) is 2. The Morgan fingerprint density at radius 3 is 2.44 bits per heavy atom. The van der Waals surface area contributed by atoms with Crippen LogP contribution in [0.2, 0.25) is 0 Å². The maximum absolute atomic E-state index is 5.74. The van der Waals surface area contributed by atoms with Gasteiger partial charge in [-0.1, -0.05) is 52.1 Å². The second-order valence-corrected chi connectivity index (χ2v) is 6.50. The summed E-state index contributed by atoms with van der Waals surface area (Å²) in [5.74, 6) is 2.27. The van der Waals surface area contributed by atoms with E-state index < -0.39 is 0 Å². The molecule has 2 unspecified atom stereocenters. The van der Waals surface area contributed by atoms with Crippen LogP contribution in [0.15, 0.2) is 16.6 Å². The van der Waals surface area contributed by atoms with E-state index in [0.717, 1.165) is 42.0 Å². The summed E-state index contributed by atoms with van der Waals surface area (Å²) in [7, 11) is 0. The number of rotatable bonds is 3. The van der Waals surface area contributed by atoms with Crippen molar-refractivity contribution in [3.8, 4) is 11.5 Å². The van der Waals surface area contributed by atoms with Crippen LogP contribution < -0.4 is 9.47 Å². The van der Waals surface area contributed by atoms with Crippen molar-refractivity contribution in [3.63, 3.8) is 0 Å². The molecular formula is C14H18Br2O2. The Balaban J connectivity index is 2.34. The molecule has 100 valence electrons. The number of halogens is 2. The average Bonchev–Trinajstić information content (AvgIpc) is 2.60. The zero-order valence-electron chi connectivity index (χ0n) is 10.7. The zero-order valence-corrected chi connectivity index (χ0v) is 13.9. The first-order valence-corrected chi connectivity index (χ1v) is 8.07. The van der Waals surface area contributed by atoms with Gasteiger partial charge in [-0.25, -0.2) is 0 Å². The van der Waals surface area contributed by atoms with Gasteiger partial charge in [0, 0.05) is 15.7 Å². The Labute approximate surface area is 125 Å². The molecule has 4 heteroatoms. The monoisotopic (exact) mass is 376 g/mol. The Morgan fingerprint density at radius 1 is 1.22 bits per heavy atom. The molecule has 0 spiro atoms. The number of hydrogen-bond donors (Lipinski definition) is 0. The molecule has 0 saturated heterocycles. The van der Waals surface area contributed by atoms with Crippen LogP contribution in [0.3, 0.4) is 0 Å². The first-order valence-electron chi connectivity index (χ1n) is 6.36. The fraction of sp³-hybridized carbons (Fsp3) is 0.571. The van der Waals surface area contributed by atoms with E-state index in [1.807, 2.05) is 6.07 Å². The maximum atomic E-state index is 5.74. The third-order valence-electron chi connectivity index (χ3n) is 3.31. The molecule has 0 amide bonds. The molecule has 0 aliphatic carbocycles. The van der Waals surface area contributed by atoms with E-state index in [1.165, 1.54) is 5.56 Å².